The second kappa shape index (κ2) is 8.78. The molecular weight excluding hydrogens is 443 g/mol. The molecule has 0 saturated heterocycles. The molecule has 1 aliphatic carbocycles. The van der Waals surface area contributed by atoms with Crippen LogP contribution in [0.3, 0.4) is 0 Å². The van der Waals surface area contributed by atoms with Crippen molar-refractivity contribution >= 4 is 33.9 Å². The predicted molar refractivity (Wildman–Crippen MR) is 125 cm³/mol. The number of hydrogen-bond acceptors (Lipinski definition) is 5. The molecule has 1 saturated carbocycles. The fourth-order valence-electron chi connectivity index (χ4n) is 4.80. The fourth-order valence-corrected chi connectivity index (χ4v) is 5.88. The molecule has 2 unspecified atom stereocenters. The van der Waals surface area contributed by atoms with E-state index in [0.717, 1.165) is 55.6 Å². The highest BCUT2D eigenvalue weighted by atomic mass is 32.2. The molecular formula is C24H27FN4O3S. The lowest BCUT2D eigenvalue weighted by Gasteiger charge is -2.40. The van der Waals surface area contributed by atoms with Gasteiger partial charge in [-0.25, -0.2) is 9.37 Å². The lowest BCUT2D eigenvalue weighted by atomic mass is 9.92. The van der Waals surface area contributed by atoms with E-state index in [9.17, 15) is 13.4 Å². The Kier molecular flexibility index (Phi) is 5.82. The molecule has 2 aliphatic rings. The van der Waals surface area contributed by atoms with Crippen LogP contribution in [0.2, 0.25) is 0 Å². The zero-order chi connectivity index (χ0) is 23.1. The molecule has 0 radical (unpaired) electrons. The minimum Gasteiger partial charge on any atom is -0.494 e. The number of rotatable bonds is 8. The number of benzene rings is 2. The minimum atomic E-state index is -1.46. The van der Waals surface area contributed by atoms with Gasteiger partial charge in [0.2, 0.25) is 6.41 Å². The average molecular weight is 471 g/mol. The van der Waals surface area contributed by atoms with E-state index in [4.69, 9.17) is 4.74 Å². The molecule has 33 heavy (non-hydrogen) atoms. The molecule has 0 spiro atoms. The summed E-state index contributed by atoms with van der Waals surface area (Å²) in [6.45, 7) is 3.79. The van der Waals surface area contributed by atoms with Gasteiger partial charge < -0.3 is 19.5 Å². The largest absolute Gasteiger partial charge is 0.494 e. The first-order chi connectivity index (χ1) is 16.0. The van der Waals surface area contributed by atoms with Crippen molar-refractivity contribution in [3.05, 3.63) is 47.3 Å². The summed E-state index contributed by atoms with van der Waals surface area (Å²) in [4.78, 5) is 23.6. The van der Waals surface area contributed by atoms with E-state index in [1.54, 1.807) is 0 Å². The molecule has 1 aromatic heterocycles. The van der Waals surface area contributed by atoms with E-state index in [1.165, 1.54) is 19.2 Å². The van der Waals surface area contributed by atoms with Gasteiger partial charge in [-0.05, 0) is 37.3 Å². The minimum absolute atomic E-state index is 0.0443. The van der Waals surface area contributed by atoms with Crippen molar-refractivity contribution in [3.8, 4) is 5.75 Å². The summed E-state index contributed by atoms with van der Waals surface area (Å²) in [5, 5.41) is 0.304. The number of nitrogens with one attached hydrogen (secondary N) is 1. The van der Waals surface area contributed by atoms with Gasteiger partial charge in [0.25, 0.3) is 0 Å². The zero-order valence-corrected chi connectivity index (χ0v) is 19.5. The molecule has 1 amide bonds. The Morgan fingerprint density at radius 3 is 2.85 bits per heavy atom. The van der Waals surface area contributed by atoms with Crippen molar-refractivity contribution in [2.45, 2.75) is 49.2 Å². The Hall–Kier alpha value is -2.94. The van der Waals surface area contributed by atoms with Crippen LogP contribution in [-0.2, 0) is 21.3 Å². The Bertz CT molecular complexity index is 1230. The van der Waals surface area contributed by atoms with Crippen molar-refractivity contribution in [2.24, 2.45) is 0 Å². The van der Waals surface area contributed by atoms with E-state index in [1.807, 2.05) is 17.0 Å². The Morgan fingerprint density at radius 1 is 1.33 bits per heavy atom. The second-order valence-electron chi connectivity index (χ2n) is 8.56. The normalized spacial score (nSPS) is 18.8. The maximum absolute atomic E-state index is 14.1. The van der Waals surface area contributed by atoms with Gasteiger partial charge in [-0.1, -0.05) is 18.2 Å². The number of methoxy groups -OCH3 is 1. The lowest BCUT2D eigenvalue weighted by Crippen LogP contribution is -2.39. The number of amides is 1. The van der Waals surface area contributed by atoms with Crippen LogP contribution in [0, 0.1) is 5.82 Å². The van der Waals surface area contributed by atoms with E-state index in [2.05, 4.69) is 27.9 Å². The van der Waals surface area contributed by atoms with Crippen LogP contribution in [-0.4, -0.2) is 51.7 Å². The third kappa shape index (κ3) is 3.99. The first kappa shape index (κ1) is 21.9. The molecule has 2 aromatic carbocycles. The van der Waals surface area contributed by atoms with Gasteiger partial charge in [0.05, 0.1) is 40.7 Å². The molecule has 2 atom stereocenters. The van der Waals surface area contributed by atoms with Crippen molar-refractivity contribution in [3.63, 3.8) is 0 Å². The molecule has 3 aromatic rings. The van der Waals surface area contributed by atoms with Gasteiger partial charge in [-0.15, -0.1) is 0 Å². The molecule has 174 valence electrons. The molecule has 1 aliphatic heterocycles. The first-order valence-corrected chi connectivity index (χ1v) is 12.6. The summed E-state index contributed by atoms with van der Waals surface area (Å²) in [5.41, 5.74) is 4.14. The first-order valence-electron chi connectivity index (χ1n) is 11.2. The number of para-hydroxylation sites is 1. The summed E-state index contributed by atoms with van der Waals surface area (Å²) < 4.78 is 32.4. The topological polar surface area (TPSA) is 78.5 Å². The van der Waals surface area contributed by atoms with Crippen molar-refractivity contribution in [1.29, 1.82) is 0 Å². The third-order valence-electron chi connectivity index (χ3n) is 6.57. The molecule has 0 bridgehead atoms. The van der Waals surface area contributed by atoms with Gasteiger partial charge in [-0.3, -0.25) is 9.00 Å². The standard InChI is InChI=1S/C24H27FN4O3S/c1-3-28-10-9-21(29(14-30)16-7-8-16)17-6-4-5-15(23(17)28)13-33(31)24-26-19-11-18(25)22(32-2)12-20(19)27-24/h4-6,11-12,14,16,21H,3,7-10,13H2,1-2H3,(H,26,27). The Morgan fingerprint density at radius 2 is 2.15 bits per heavy atom. The quantitative estimate of drug-likeness (QED) is 0.505. The number of halogens is 1. The van der Waals surface area contributed by atoms with Gasteiger partial charge in [0, 0.05) is 37.0 Å². The van der Waals surface area contributed by atoms with E-state index >= 15 is 0 Å². The Balaban J connectivity index is 1.48. The van der Waals surface area contributed by atoms with Crippen molar-refractivity contribution < 1.29 is 18.1 Å². The van der Waals surface area contributed by atoms with Gasteiger partial charge in [0.15, 0.2) is 16.7 Å². The number of fused-ring (bicyclic) bond motifs is 2. The predicted octanol–water partition coefficient (Wildman–Crippen LogP) is 3.91. The summed E-state index contributed by atoms with van der Waals surface area (Å²) in [6, 6.07) is 9.25. The fraction of sp³-hybridized carbons (Fsp3) is 0.417. The summed E-state index contributed by atoms with van der Waals surface area (Å²) in [7, 11) is -0.0581. The number of nitrogens with zero attached hydrogens (tertiary/aromatic N) is 3. The average Bonchev–Trinajstić information content (AvgIpc) is 3.57. The van der Waals surface area contributed by atoms with Crippen LogP contribution in [0.5, 0.6) is 5.75 Å². The van der Waals surface area contributed by atoms with Crippen LogP contribution in [0.15, 0.2) is 35.5 Å². The summed E-state index contributed by atoms with van der Waals surface area (Å²) in [5.74, 6) is -0.122. The highest BCUT2D eigenvalue weighted by Gasteiger charge is 2.37. The SMILES string of the molecule is CCN1CCC(N(C=O)C2CC2)c2cccc(CS(=O)c3nc4cc(OC)c(F)cc4[nH]3)c21. The Labute approximate surface area is 194 Å². The number of H-pyrrole nitrogens is 1. The summed E-state index contributed by atoms with van der Waals surface area (Å²) >= 11 is 0. The summed E-state index contributed by atoms with van der Waals surface area (Å²) in [6.07, 6.45) is 3.99. The van der Waals surface area contributed by atoms with E-state index in [0.29, 0.717) is 22.2 Å². The number of carbonyl (C=O) groups is 1. The van der Waals surface area contributed by atoms with Crippen LogP contribution < -0.4 is 9.64 Å². The van der Waals surface area contributed by atoms with Crippen LogP contribution in [0.4, 0.5) is 10.1 Å². The molecule has 7 nitrogen and oxygen atoms in total. The second-order valence-corrected chi connectivity index (χ2v) is 9.93. The number of anilines is 1. The number of imidazole rings is 1. The van der Waals surface area contributed by atoms with Crippen molar-refractivity contribution in [1.82, 2.24) is 14.9 Å². The van der Waals surface area contributed by atoms with Crippen LogP contribution in [0.25, 0.3) is 11.0 Å². The molecule has 2 heterocycles. The highest BCUT2D eigenvalue weighted by molar-refractivity contribution is 7.84. The van der Waals surface area contributed by atoms with Crippen LogP contribution in [0.1, 0.15) is 43.4 Å². The van der Waals surface area contributed by atoms with Crippen LogP contribution >= 0.6 is 0 Å². The third-order valence-corrected chi connectivity index (χ3v) is 7.76. The van der Waals surface area contributed by atoms with Gasteiger partial charge in [-0.2, -0.15) is 0 Å². The maximum Gasteiger partial charge on any atom is 0.210 e. The molecule has 1 fully saturated rings. The number of aromatic amines is 1. The number of hydrogen-bond donors (Lipinski definition) is 1. The molecule has 1 N–H and O–H groups in total. The van der Waals surface area contributed by atoms with E-state index < -0.39 is 16.6 Å². The number of carbonyl (C=O) groups excluding carboxylic acids is 1. The molecule has 5 rings (SSSR count). The zero-order valence-electron chi connectivity index (χ0n) is 18.7. The monoisotopic (exact) mass is 470 g/mol. The highest BCUT2D eigenvalue weighted by Crippen LogP contribution is 2.43. The van der Waals surface area contributed by atoms with Gasteiger partial charge in [0.1, 0.15) is 0 Å². The van der Waals surface area contributed by atoms with Crippen molar-refractivity contribution in [2.75, 3.05) is 25.1 Å². The van der Waals surface area contributed by atoms with E-state index in [-0.39, 0.29) is 17.5 Å². The maximum atomic E-state index is 14.1. The number of aromatic nitrogens is 2. The number of ether oxygens (including phenoxy) is 1. The molecule has 9 heteroatoms. The lowest BCUT2D eigenvalue weighted by molar-refractivity contribution is -0.121. The van der Waals surface area contributed by atoms with Gasteiger partial charge >= 0.3 is 0 Å². The smallest absolute Gasteiger partial charge is 0.210 e.